The number of rotatable bonds is 4. The predicted molar refractivity (Wildman–Crippen MR) is 81.9 cm³/mol. The normalized spacial score (nSPS) is 11.6. The fourth-order valence-electron chi connectivity index (χ4n) is 1.84. The number of nitrogen functional groups attached to an aromatic ring is 1. The fraction of sp³-hybridized carbons (Fsp3) is 0.250. The van der Waals surface area contributed by atoms with Crippen LogP contribution in [0.5, 0.6) is 0 Å². The van der Waals surface area contributed by atoms with E-state index in [2.05, 4.69) is 25.8 Å². The Balaban J connectivity index is 2.40. The van der Waals surface area contributed by atoms with Gasteiger partial charge in [0.05, 0.1) is 17.1 Å². The highest BCUT2D eigenvalue weighted by molar-refractivity contribution is 9.10. The first kappa shape index (κ1) is 14.9. The van der Waals surface area contributed by atoms with Crippen molar-refractivity contribution in [2.75, 3.05) is 10.5 Å². The van der Waals surface area contributed by atoms with Crippen LogP contribution in [0.1, 0.15) is 12.6 Å². The van der Waals surface area contributed by atoms with Crippen LogP contribution in [0.2, 0.25) is 0 Å². The molecular formula is C12H15BrN4O2S. The lowest BCUT2D eigenvalue weighted by atomic mass is 10.3. The van der Waals surface area contributed by atoms with Crippen molar-refractivity contribution in [2.45, 2.75) is 18.2 Å². The van der Waals surface area contributed by atoms with Crippen LogP contribution in [0.4, 0.5) is 11.4 Å². The number of nitrogens with two attached hydrogens (primary N) is 1. The number of aromatic nitrogens is 2. The van der Waals surface area contributed by atoms with Gasteiger partial charge in [-0.05, 0) is 24.6 Å². The summed E-state index contributed by atoms with van der Waals surface area (Å²) in [6, 6.07) is 4.65. The zero-order valence-electron chi connectivity index (χ0n) is 11.1. The molecule has 8 heteroatoms. The van der Waals surface area contributed by atoms with Gasteiger partial charge >= 0.3 is 0 Å². The molecule has 2 rings (SSSR count). The predicted octanol–water partition coefficient (Wildman–Crippen LogP) is 2.13. The number of anilines is 2. The summed E-state index contributed by atoms with van der Waals surface area (Å²) < 4.78 is 29.6. The number of hydrogen-bond acceptors (Lipinski definition) is 4. The standard InChI is InChI=1S/C12H15BrN4O2S/c1-3-10-11(7-17(2)15-10)16-20(18,19)12-5-4-8(13)6-9(12)14/h4-7,16H,3,14H2,1-2H3. The number of hydrogen-bond donors (Lipinski definition) is 2. The van der Waals surface area contributed by atoms with E-state index in [4.69, 9.17) is 5.73 Å². The number of benzene rings is 1. The van der Waals surface area contributed by atoms with Gasteiger partial charge in [0, 0.05) is 17.7 Å². The van der Waals surface area contributed by atoms with E-state index in [9.17, 15) is 8.42 Å². The van der Waals surface area contributed by atoms with Crippen molar-refractivity contribution in [3.8, 4) is 0 Å². The van der Waals surface area contributed by atoms with Gasteiger partial charge in [-0.25, -0.2) is 8.42 Å². The van der Waals surface area contributed by atoms with Crippen molar-refractivity contribution >= 4 is 37.3 Å². The van der Waals surface area contributed by atoms with Crippen LogP contribution in [-0.2, 0) is 23.5 Å². The average Bonchev–Trinajstić information content (AvgIpc) is 2.67. The van der Waals surface area contributed by atoms with Gasteiger partial charge in [0.25, 0.3) is 10.0 Å². The Hall–Kier alpha value is -1.54. The van der Waals surface area contributed by atoms with Gasteiger partial charge in [-0.3, -0.25) is 9.40 Å². The molecule has 1 heterocycles. The summed E-state index contributed by atoms with van der Waals surface area (Å²) in [5.74, 6) is 0. The molecule has 0 unspecified atom stereocenters. The lowest BCUT2D eigenvalue weighted by Crippen LogP contribution is -2.15. The first-order chi connectivity index (χ1) is 9.33. The van der Waals surface area contributed by atoms with Gasteiger partial charge < -0.3 is 5.73 Å². The van der Waals surface area contributed by atoms with Crippen molar-refractivity contribution in [2.24, 2.45) is 7.05 Å². The molecule has 108 valence electrons. The topological polar surface area (TPSA) is 90.0 Å². The van der Waals surface area contributed by atoms with Crippen LogP contribution in [0.25, 0.3) is 0 Å². The lowest BCUT2D eigenvalue weighted by molar-refractivity contribution is 0.601. The van der Waals surface area contributed by atoms with E-state index in [1.807, 2.05) is 6.92 Å². The van der Waals surface area contributed by atoms with Gasteiger partial charge in [0.15, 0.2) is 0 Å². The molecule has 0 amide bonds. The molecule has 0 saturated carbocycles. The fourth-order valence-corrected chi connectivity index (χ4v) is 3.41. The monoisotopic (exact) mass is 358 g/mol. The lowest BCUT2D eigenvalue weighted by Gasteiger charge is -2.09. The van der Waals surface area contributed by atoms with Crippen LogP contribution in [-0.4, -0.2) is 18.2 Å². The molecule has 0 aliphatic rings. The van der Waals surface area contributed by atoms with Crippen LogP contribution >= 0.6 is 15.9 Å². The van der Waals surface area contributed by atoms with Crippen LogP contribution < -0.4 is 10.5 Å². The second-order valence-electron chi connectivity index (χ2n) is 4.30. The largest absolute Gasteiger partial charge is 0.398 e. The summed E-state index contributed by atoms with van der Waals surface area (Å²) in [5, 5.41) is 4.19. The van der Waals surface area contributed by atoms with E-state index >= 15 is 0 Å². The number of sulfonamides is 1. The Labute approximate surface area is 126 Å². The Morgan fingerprint density at radius 3 is 2.75 bits per heavy atom. The van der Waals surface area contributed by atoms with E-state index in [0.29, 0.717) is 17.8 Å². The Kier molecular flexibility index (Phi) is 4.05. The summed E-state index contributed by atoms with van der Waals surface area (Å²) in [7, 11) is -1.99. The van der Waals surface area contributed by atoms with Crippen LogP contribution in [0, 0.1) is 0 Å². The number of aryl methyl sites for hydroxylation is 2. The van der Waals surface area contributed by atoms with Gasteiger partial charge in [-0.1, -0.05) is 22.9 Å². The Morgan fingerprint density at radius 1 is 1.45 bits per heavy atom. The third-order valence-corrected chi connectivity index (χ3v) is 4.68. The van der Waals surface area contributed by atoms with Crippen molar-refractivity contribution < 1.29 is 8.42 Å². The maximum atomic E-state index is 12.4. The SMILES string of the molecule is CCc1nn(C)cc1NS(=O)(=O)c1ccc(Br)cc1N. The van der Waals surface area contributed by atoms with Crippen LogP contribution in [0.15, 0.2) is 33.8 Å². The van der Waals surface area contributed by atoms with Crippen molar-refractivity contribution in [3.05, 3.63) is 34.6 Å². The molecule has 0 atom stereocenters. The van der Waals surface area contributed by atoms with Crippen molar-refractivity contribution in [1.29, 1.82) is 0 Å². The molecule has 0 aliphatic carbocycles. The third-order valence-electron chi connectivity index (χ3n) is 2.75. The molecule has 0 aliphatic heterocycles. The summed E-state index contributed by atoms with van der Waals surface area (Å²) >= 11 is 3.25. The third kappa shape index (κ3) is 2.96. The van der Waals surface area contributed by atoms with Gasteiger partial charge in [-0.2, -0.15) is 5.10 Å². The number of nitrogens with one attached hydrogen (secondary N) is 1. The molecule has 0 spiro atoms. The molecule has 0 saturated heterocycles. The molecular weight excluding hydrogens is 344 g/mol. The Morgan fingerprint density at radius 2 is 2.15 bits per heavy atom. The van der Waals surface area contributed by atoms with Crippen LogP contribution in [0.3, 0.4) is 0 Å². The van der Waals surface area contributed by atoms with E-state index < -0.39 is 10.0 Å². The number of nitrogens with zero attached hydrogens (tertiary/aromatic N) is 2. The maximum Gasteiger partial charge on any atom is 0.264 e. The first-order valence-corrected chi connectivity index (χ1v) is 8.21. The second-order valence-corrected chi connectivity index (χ2v) is 6.87. The van der Waals surface area contributed by atoms with Crippen molar-refractivity contribution in [3.63, 3.8) is 0 Å². The zero-order valence-corrected chi connectivity index (χ0v) is 13.5. The van der Waals surface area contributed by atoms with E-state index in [1.165, 1.54) is 6.07 Å². The minimum atomic E-state index is -3.73. The molecule has 0 bridgehead atoms. The summed E-state index contributed by atoms with van der Waals surface area (Å²) in [4.78, 5) is 0.0478. The smallest absolute Gasteiger partial charge is 0.264 e. The highest BCUT2D eigenvalue weighted by Gasteiger charge is 2.20. The first-order valence-electron chi connectivity index (χ1n) is 5.94. The van der Waals surface area contributed by atoms with E-state index in [0.717, 1.165) is 4.47 Å². The quantitative estimate of drug-likeness (QED) is 0.819. The summed E-state index contributed by atoms with van der Waals surface area (Å²) in [6.45, 7) is 1.91. The van der Waals surface area contributed by atoms with E-state index in [1.54, 1.807) is 30.1 Å². The molecule has 1 aromatic heterocycles. The van der Waals surface area contributed by atoms with Gasteiger partial charge in [-0.15, -0.1) is 0 Å². The molecule has 2 aromatic rings. The maximum absolute atomic E-state index is 12.4. The minimum absolute atomic E-state index is 0.0478. The molecule has 6 nitrogen and oxygen atoms in total. The molecule has 3 N–H and O–H groups in total. The van der Waals surface area contributed by atoms with Gasteiger partial charge in [0.1, 0.15) is 4.90 Å². The summed E-state index contributed by atoms with van der Waals surface area (Å²) in [6.07, 6.45) is 2.26. The minimum Gasteiger partial charge on any atom is -0.398 e. The molecule has 0 radical (unpaired) electrons. The van der Waals surface area contributed by atoms with Crippen molar-refractivity contribution in [1.82, 2.24) is 9.78 Å². The van der Waals surface area contributed by atoms with Gasteiger partial charge in [0.2, 0.25) is 0 Å². The molecule has 1 aromatic carbocycles. The second kappa shape index (κ2) is 5.45. The molecule has 20 heavy (non-hydrogen) atoms. The number of halogens is 1. The average molecular weight is 359 g/mol. The summed E-state index contributed by atoms with van der Waals surface area (Å²) in [5.41, 5.74) is 7.11. The Bertz CT molecular complexity index is 740. The van der Waals surface area contributed by atoms with E-state index in [-0.39, 0.29) is 10.6 Å². The highest BCUT2D eigenvalue weighted by Crippen LogP contribution is 2.25. The highest BCUT2D eigenvalue weighted by atomic mass is 79.9. The zero-order chi connectivity index (χ0) is 14.9. The molecule has 0 fully saturated rings.